The summed E-state index contributed by atoms with van der Waals surface area (Å²) in [5.41, 5.74) is 3.41. The monoisotopic (exact) mass is 569 g/mol. The number of thioether (sulfide) groups is 1. The van der Waals surface area contributed by atoms with Gasteiger partial charge >= 0.3 is 0 Å². The van der Waals surface area contributed by atoms with Crippen molar-refractivity contribution in [2.24, 2.45) is 0 Å². The molecule has 0 saturated carbocycles. The highest BCUT2D eigenvalue weighted by atomic mass is 32.2. The Morgan fingerprint density at radius 1 is 0.902 bits per heavy atom. The topological polar surface area (TPSA) is 64.0 Å². The number of amides is 2. The number of rotatable bonds is 11. The van der Waals surface area contributed by atoms with Gasteiger partial charge in [0, 0.05) is 23.2 Å². The van der Waals surface area contributed by atoms with Crippen molar-refractivity contribution >= 4 is 29.3 Å². The Labute approximate surface area is 245 Å². The summed E-state index contributed by atoms with van der Waals surface area (Å²) in [6, 6.07) is 26.9. The van der Waals surface area contributed by atoms with Gasteiger partial charge in [-0.2, -0.15) is 0 Å². The summed E-state index contributed by atoms with van der Waals surface area (Å²) >= 11 is 1.49. The Balaban J connectivity index is 1.52. The van der Waals surface area contributed by atoms with Gasteiger partial charge in [-0.1, -0.05) is 43.7 Å². The first-order valence-corrected chi connectivity index (χ1v) is 14.8. The van der Waals surface area contributed by atoms with Gasteiger partial charge in [-0.25, -0.2) is 0 Å². The first-order chi connectivity index (χ1) is 20.0. The van der Waals surface area contributed by atoms with Crippen molar-refractivity contribution in [1.29, 1.82) is 0 Å². The molecule has 1 atom stereocenters. The number of ether oxygens (including phenoxy) is 2. The van der Waals surface area contributed by atoms with Crippen molar-refractivity contribution in [3.63, 3.8) is 0 Å². The zero-order chi connectivity index (χ0) is 28.8. The van der Waals surface area contributed by atoms with Gasteiger partial charge in [0.1, 0.15) is 24.1 Å². The lowest BCUT2D eigenvalue weighted by Crippen LogP contribution is -2.47. The predicted molar refractivity (Wildman–Crippen MR) is 163 cm³/mol. The predicted octanol–water partition coefficient (Wildman–Crippen LogP) is 6.35. The van der Waals surface area contributed by atoms with E-state index in [-0.39, 0.29) is 24.1 Å². The van der Waals surface area contributed by atoms with Crippen LogP contribution in [0.5, 0.6) is 11.5 Å². The molecule has 0 N–H and O–H groups in total. The third-order valence-corrected chi connectivity index (χ3v) is 8.28. The smallest absolute Gasteiger partial charge is 0.247 e. The van der Waals surface area contributed by atoms with Crippen LogP contribution in [0.1, 0.15) is 37.1 Å². The molecule has 1 aromatic heterocycles. The minimum atomic E-state index is -0.487. The summed E-state index contributed by atoms with van der Waals surface area (Å²) in [6.45, 7) is 2.59. The van der Waals surface area contributed by atoms with E-state index in [9.17, 15) is 9.59 Å². The summed E-state index contributed by atoms with van der Waals surface area (Å²) < 4.78 is 13.5. The lowest BCUT2D eigenvalue weighted by Gasteiger charge is -2.40. The van der Waals surface area contributed by atoms with Crippen LogP contribution in [0.4, 0.5) is 5.69 Å². The van der Waals surface area contributed by atoms with E-state index in [0.29, 0.717) is 18.0 Å². The van der Waals surface area contributed by atoms with Gasteiger partial charge < -0.3 is 18.9 Å². The van der Waals surface area contributed by atoms with Crippen LogP contribution in [0, 0.1) is 0 Å². The van der Waals surface area contributed by atoms with Crippen LogP contribution in [0.25, 0.3) is 5.69 Å². The first kappa shape index (κ1) is 28.4. The molecule has 2 amide bonds. The maximum Gasteiger partial charge on any atom is 0.247 e. The molecule has 7 nitrogen and oxygen atoms in total. The first-order valence-electron chi connectivity index (χ1n) is 13.8. The summed E-state index contributed by atoms with van der Waals surface area (Å²) in [5, 5.41) is 0. The molecule has 8 heteroatoms. The SMILES string of the molecule is CCCCN(CC(=O)N1c2ccccc2-n2cccc2C1c1cc(OC)ccc1OC)C(=O)CSc1ccccc1. The van der Waals surface area contributed by atoms with Crippen LogP contribution < -0.4 is 14.4 Å². The second-order valence-electron chi connectivity index (χ2n) is 9.84. The summed E-state index contributed by atoms with van der Waals surface area (Å²) in [6.07, 6.45) is 3.75. The van der Waals surface area contributed by atoms with Crippen molar-refractivity contribution < 1.29 is 19.1 Å². The van der Waals surface area contributed by atoms with Crippen molar-refractivity contribution in [2.75, 3.05) is 38.0 Å². The number of benzene rings is 3. The fourth-order valence-electron chi connectivity index (χ4n) is 5.24. The number of fused-ring (bicyclic) bond motifs is 3. The highest BCUT2D eigenvalue weighted by Crippen LogP contribution is 2.45. The van der Waals surface area contributed by atoms with Crippen LogP contribution >= 0.6 is 11.8 Å². The molecule has 212 valence electrons. The molecular weight excluding hydrogens is 534 g/mol. The van der Waals surface area contributed by atoms with E-state index in [2.05, 4.69) is 11.5 Å². The fraction of sp³-hybridized carbons (Fsp3) is 0.273. The minimum absolute atomic E-state index is 0.0218. The second-order valence-corrected chi connectivity index (χ2v) is 10.9. The van der Waals surface area contributed by atoms with Crippen molar-refractivity contribution in [2.45, 2.75) is 30.7 Å². The Bertz CT molecular complexity index is 1500. The average Bonchev–Trinajstić information content (AvgIpc) is 3.51. The van der Waals surface area contributed by atoms with Crippen LogP contribution in [0.15, 0.2) is 96.0 Å². The van der Waals surface area contributed by atoms with Gasteiger partial charge in [0.25, 0.3) is 0 Å². The van der Waals surface area contributed by atoms with Gasteiger partial charge in [-0.3, -0.25) is 14.5 Å². The summed E-state index contributed by atoms with van der Waals surface area (Å²) in [5.74, 6) is 1.38. The van der Waals surface area contributed by atoms with Crippen LogP contribution in [0.3, 0.4) is 0 Å². The van der Waals surface area contributed by atoms with Crippen LogP contribution in [-0.2, 0) is 9.59 Å². The molecule has 0 radical (unpaired) electrons. The maximum atomic E-state index is 14.4. The number of para-hydroxylation sites is 2. The highest BCUT2D eigenvalue weighted by Gasteiger charge is 2.38. The van der Waals surface area contributed by atoms with Gasteiger partial charge in [0.15, 0.2) is 0 Å². The third kappa shape index (κ3) is 5.98. The number of aromatic nitrogens is 1. The van der Waals surface area contributed by atoms with Crippen LogP contribution in [0.2, 0.25) is 0 Å². The fourth-order valence-corrected chi connectivity index (χ4v) is 6.06. The molecule has 2 heterocycles. The molecule has 1 aliphatic heterocycles. The number of methoxy groups -OCH3 is 2. The lowest BCUT2D eigenvalue weighted by atomic mass is 9.96. The van der Waals surface area contributed by atoms with E-state index in [1.54, 1.807) is 19.1 Å². The second kappa shape index (κ2) is 13.0. The van der Waals surface area contributed by atoms with E-state index >= 15 is 0 Å². The van der Waals surface area contributed by atoms with Crippen LogP contribution in [-0.4, -0.2) is 54.3 Å². The zero-order valence-electron chi connectivity index (χ0n) is 23.7. The Hall–Kier alpha value is -4.17. The quantitative estimate of drug-likeness (QED) is 0.197. The third-order valence-electron chi connectivity index (χ3n) is 7.29. The lowest BCUT2D eigenvalue weighted by molar-refractivity contribution is -0.133. The van der Waals surface area contributed by atoms with Crippen molar-refractivity contribution in [3.8, 4) is 17.2 Å². The summed E-state index contributed by atoms with van der Waals surface area (Å²) in [7, 11) is 3.25. The number of nitrogens with zero attached hydrogens (tertiary/aromatic N) is 3. The van der Waals surface area contributed by atoms with Crippen molar-refractivity contribution in [3.05, 3.63) is 102 Å². The highest BCUT2D eigenvalue weighted by molar-refractivity contribution is 8.00. The van der Waals surface area contributed by atoms with Gasteiger partial charge in [0.2, 0.25) is 11.8 Å². The molecule has 0 fully saturated rings. The molecule has 0 spiro atoms. The van der Waals surface area contributed by atoms with Crippen molar-refractivity contribution in [1.82, 2.24) is 9.47 Å². The Morgan fingerprint density at radius 2 is 1.66 bits per heavy atom. The number of carbonyl (C=O) groups is 2. The van der Waals surface area contributed by atoms with Gasteiger partial charge in [-0.15, -0.1) is 11.8 Å². The molecule has 5 rings (SSSR count). The van der Waals surface area contributed by atoms with E-state index in [0.717, 1.165) is 40.4 Å². The molecule has 4 aromatic rings. The van der Waals surface area contributed by atoms with E-state index in [1.165, 1.54) is 11.8 Å². The number of unbranched alkanes of at least 4 members (excludes halogenated alkanes) is 1. The molecule has 0 saturated heterocycles. The molecular formula is C33H35N3O4S. The molecule has 1 unspecified atom stereocenters. The molecule has 0 bridgehead atoms. The van der Waals surface area contributed by atoms with E-state index in [1.807, 2.05) is 96.0 Å². The average molecular weight is 570 g/mol. The van der Waals surface area contributed by atoms with Gasteiger partial charge in [0.05, 0.1) is 37.0 Å². The minimum Gasteiger partial charge on any atom is -0.497 e. The summed E-state index contributed by atoms with van der Waals surface area (Å²) in [4.78, 5) is 32.4. The number of anilines is 1. The molecule has 41 heavy (non-hydrogen) atoms. The number of hydrogen-bond donors (Lipinski definition) is 0. The number of carbonyl (C=O) groups excluding carboxylic acids is 2. The van der Waals surface area contributed by atoms with Gasteiger partial charge in [-0.05, 0) is 61.0 Å². The zero-order valence-corrected chi connectivity index (χ0v) is 24.5. The maximum absolute atomic E-state index is 14.4. The standard InChI is InChI=1S/C33H35N3O4S/c1-4-5-19-34(32(38)23-41-25-12-7-6-8-13-25)22-31(37)36-28-15-10-9-14-27(28)35-20-11-16-29(35)33(36)26-21-24(39-2)17-18-30(26)40-3/h6-18,20-21,33H,4-5,19,22-23H2,1-3H3. The number of hydrogen-bond acceptors (Lipinski definition) is 5. The Morgan fingerprint density at radius 3 is 2.39 bits per heavy atom. The Kier molecular flexibility index (Phi) is 8.99. The van der Waals surface area contributed by atoms with E-state index < -0.39 is 6.04 Å². The molecule has 3 aromatic carbocycles. The largest absolute Gasteiger partial charge is 0.497 e. The molecule has 0 aliphatic carbocycles. The van der Waals surface area contributed by atoms with E-state index in [4.69, 9.17) is 9.47 Å². The molecule has 1 aliphatic rings. The normalized spacial score (nSPS) is 13.7.